The number of hydrogen-bond acceptors (Lipinski definition) is 5. The molecule has 1 amide bonds. The highest BCUT2D eigenvalue weighted by Crippen LogP contribution is 2.19. The molecule has 2 unspecified atom stereocenters. The quantitative estimate of drug-likeness (QED) is 0.0320. The van der Waals surface area contributed by atoms with Crippen LogP contribution in [0.4, 0.5) is 0 Å². The molecular formula is C72H141NO5. The fourth-order valence-electron chi connectivity index (χ4n) is 11.6. The van der Waals surface area contributed by atoms with Gasteiger partial charge in [0.1, 0.15) is 0 Å². The molecule has 0 aliphatic rings. The number of carbonyl (C=O) groups is 2. The van der Waals surface area contributed by atoms with Crippen LogP contribution in [0.3, 0.4) is 0 Å². The number of ether oxygens (including phenoxy) is 1. The molecule has 0 rings (SSSR count). The second kappa shape index (κ2) is 68.1. The van der Waals surface area contributed by atoms with E-state index in [1.165, 1.54) is 340 Å². The lowest BCUT2D eigenvalue weighted by molar-refractivity contribution is -0.143. The van der Waals surface area contributed by atoms with Crippen LogP contribution in [0.1, 0.15) is 412 Å². The van der Waals surface area contributed by atoms with Gasteiger partial charge < -0.3 is 20.3 Å². The second-order valence-corrected chi connectivity index (χ2v) is 24.9. The number of unbranched alkanes of at least 4 members (excludes halogenated alkanes) is 55. The Balaban J connectivity index is 3.34. The van der Waals surface area contributed by atoms with E-state index in [4.69, 9.17) is 4.74 Å². The number of rotatable bonds is 68. The summed E-state index contributed by atoms with van der Waals surface area (Å²) < 4.78 is 5.48. The second-order valence-electron chi connectivity index (χ2n) is 24.9. The number of allylic oxidation sites excluding steroid dienone is 2. The third-order valence-corrected chi connectivity index (χ3v) is 17.1. The molecule has 0 radical (unpaired) electrons. The summed E-state index contributed by atoms with van der Waals surface area (Å²) in [5.74, 6) is -0.00843. The Hall–Kier alpha value is -1.40. The molecular weight excluding hydrogens is 959 g/mol. The third kappa shape index (κ3) is 63.8. The van der Waals surface area contributed by atoms with Gasteiger partial charge in [-0.3, -0.25) is 9.59 Å². The van der Waals surface area contributed by atoms with Crippen molar-refractivity contribution >= 4 is 11.9 Å². The minimum absolute atomic E-state index is 0.0198. The highest BCUT2D eigenvalue weighted by molar-refractivity contribution is 5.76. The number of hydrogen-bond donors (Lipinski definition) is 3. The van der Waals surface area contributed by atoms with Crippen LogP contribution >= 0.6 is 0 Å². The van der Waals surface area contributed by atoms with Crippen molar-refractivity contribution in [3.63, 3.8) is 0 Å². The lowest BCUT2D eigenvalue weighted by atomic mass is 10.0. The van der Waals surface area contributed by atoms with Crippen molar-refractivity contribution in [3.8, 4) is 0 Å². The Morgan fingerprint density at radius 1 is 0.346 bits per heavy atom. The SMILES string of the molecule is CCCCCCCCCCCCCCCCCCCC(O)C(CO)NC(=O)CCCCCCCCCCCCCCCCCC/C=C\CCCCCCCCCCCCCCOC(=O)CCCCCCCCCCCCCC. The van der Waals surface area contributed by atoms with Crippen LogP contribution in [0.25, 0.3) is 0 Å². The molecule has 0 fully saturated rings. The summed E-state index contributed by atoms with van der Waals surface area (Å²) in [7, 11) is 0. The van der Waals surface area contributed by atoms with Crippen molar-refractivity contribution < 1.29 is 24.5 Å². The molecule has 0 saturated carbocycles. The van der Waals surface area contributed by atoms with Gasteiger partial charge in [-0.15, -0.1) is 0 Å². The van der Waals surface area contributed by atoms with Crippen molar-refractivity contribution in [3.05, 3.63) is 12.2 Å². The molecule has 2 atom stereocenters. The average molecular weight is 1100 g/mol. The summed E-state index contributed by atoms with van der Waals surface area (Å²) in [6, 6.07) is -0.539. The molecule has 0 aliphatic carbocycles. The molecule has 6 heteroatoms. The van der Waals surface area contributed by atoms with Gasteiger partial charge in [0.2, 0.25) is 5.91 Å². The number of esters is 1. The first-order valence-corrected chi connectivity index (χ1v) is 35.9. The zero-order valence-electron chi connectivity index (χ0n) is 53.2. The fourth-order valence-corrected chi connectivity index (χ4v) is 11.6. The molecule has 6 nitrogen and oxygen atoms in total. The molecule has 464 valence electrons. The number of aliphatic hydroxyl groups is 2. The van der Waals surface area contributed by atoms with Crippen molar-refractivity contribution in [2.45, 2.75) is 424 Å². The topological polar surface area (TPSA) is 95.9 Å². The standard InChI is InChI=1S/C72H141NO5/c1-3-5-7-9-11-13-15-17-18-35-38-41-44-48-52-56-60-64-70(75)69(68-74)73-71(76)65-61-57-53-49-45-42-39-36-33-31-29-27-25-23-21-19-20-22-24-26-28-30-32-34-37-40-43-47-51-55-59-63-67-78-72(77)66-62-58-54-50-46-16-14-12-10-8-6-4-2/h22,24,69-70,74-75H,3-21,23,25-68H2,1-2H3,(H,73,76)/b24-22-. The van der Waals surface area contributed by atoms with Gasteiger partial charge in [-0.25, -0.2) is 0 Å². The van der Waals surface area contributed by atoms with E-state index in [-0.39, 0.29) is 18.5 Å². The van der Waals surface area contributed by atoms with Crippen LogP contribution in [-0.2, 0) is 14.3 Å². The maximum atomic E-state index is 12.5. The normalized spacial score (nSPS) is 12.5. The average Bonchev–Trinajstić information content (AvgIpc) is 3.44. The molecule has 0 bridgehead atoms. The molecule has 3 N–H and O–H groups in total. The summed E-state index contributed by atoms with van der Waals surface area (Å²) in [5.41, 5.74) is 0. The number of nitrogens with one attached hydrogen (secondary N) is 1. The Kier molecular flexibility index (Phi) is 66.9. The minimum atomic E-state index is -0.662. The van der Waals surface area contributed by atoms with E-state index in [1.807, 2.05) is 0 Å². The van der Waals surface area contributed by atoms with Gasteiger partial charge in [0.25, 0.3) is 0 Å². The van der Waals surface area contributed by atoms with E-state index in [9.17, 15) is 19.8 Å². The number of amides is 1. The summed E-state index contributed by atoms with van der Waals surface area (Å²) in [4.78, 5) is 24.6. The van der Waals surface area contributed by atoms with Gasteiger partial charge in [0, 0.05) is 12.8 Å². The van der Waals surface area contributed by atoms with Crippen LogP contribution in [-0.4, -0.2) is 47.4 Å². The lowest BCUT2D eigenvalue weighted by Crippen LogP contribution is -2.45. The zero-order chi connectivity index (χ0) is 56.4. The molecule has 0 aromatic rings. The number of carbonyl (C=O) groups excluding carboxylic acids is 2. The highest BCUT2D eigenvalue weighted by Gasteiger charge is 2.20. The highest BCUT2D eigenvalue weighted by atomic mass is 16.5. The van der Waals surface area contributed by atoms with Crippen LogP contribution in [0, 0.1) is 0 Å². The molecule has 0 aromatic heterocycles. The van der Waals surface area contributed by atoms with Crippen molar-refractivity contribution in [1.82, 2.24) is 5.32 Å². The summed E-state index contributed by atoms with van der Waals surface area (Å²) in [6.07, 6.45) is 84.1. The monoisotopic (exact) mass is 1100 g/mol. The molecule has 0 aliphatic heterocycles. The first kappa shape index (κ1) is 76.6. The molecule has 0 spiro atoms. The largest absolute Gasteiger partial charge is 0.466 e. The molecule has 0 aromatic carbocycles. The zero-order valence-corrected chi connectivity index (χ0v) is 53.2. The lowest BCUT2D eigenvalue weighted by Gasteiger charge is -2.22. The smallest absolute Gasteiger partial charge is 0.305 e. The van der Waals surface area contributed by atoms with Crippen LogP contribution in [0.5, 0.6) is 0 Å². The fraction of sp³-hybridized carbons (Fsp3) is 0.944. The first-order valence-electron chi connectivity index (χ1n) is 35.9. The van der Waals surface area contributed by atoms with E-state index in [0.717, 1.165) is 38.5 Å². The molecule has 0 heterocycles. The Bertz CT molecular complexity index is 1180. The predicted molar refractivity (Wildman–Crippen MR) is 343 cm³/mol. The van der Waals surface area contributed by atoms with Gasteiger partial charge in [-0.2, -0.15) is 0 Å². The maximum absolute atomic E-state index is 12.5. The van der Waals surface area contributed by atoms with E-state index in [1.54, 1.807) is 0 Å². The molecule has 78 heavy (non-hydrogen) atoms. The van der Waals surface area contributed by atoms with Crippen molar-refractivity contribution in [2.75, 3.05) is 13.2 Å². The van der Waals surface area contributed by atoms with Gasteiger partial charge in [-0.05, 0) is 51.4 Å². The van der Waals surface area contributed by atoms with Crippen molar-refractivity contribution in [1.29, 1.82) is 0 Å². The third-order valence-electron chi connectivity index (χ3n) is 17.1. The van der Waals surface area contributed by atoms with E-state index in [2.05, 4.69) is 31.3 Å². The Morgan fingerprint density at radius 3 is 0.910 bits per heavy atom. The van der Waals surface area contributed by atoms with E-state index < -0.39 is 12.1 Å². The van der Waals surface area contributed by atoms with Crippen LogP contribution in [0.15, 0.2) is 12.2 Å². The summed E-state index contributed by atoms with van der Waals surface area (Å²) in [6.45, 7) is 4.99. The number of aliphatic hydroxyl groups excluding tert-OH is 2. The summed E-state index contributed by atoms with van der Waals surface area (Å²) >= 11 is 0. The van der Waals surface area contributed by atoms with Gasteiger partial charge >= 0.3 is 5.97 Å². The van der Waals surface area contributed by atoms with Crippen LogP contribution < -0.4 is 5.32 Å². The molecule has 0 saturated heterocycles. The minimum Gasteiger partial charge on any atom is -0.466 e. The Labute approximate surface area is 489 Å². The van der Waals surface area contributed by atoms with E-state index >= 15 is 0 Å². The van der Waals surface area contributed by atoms with Crippen LogP contribution in [0.2, 0.25) is 0 Å². The first-order chi connectivity index (χ1) is 38.5. The maximum Gasteiger partial charge on any atom is 0.305 e. The van der Waals surface area contributed by atoms with Gasteiger partial charge in [-0.1, -0.05) is 360 Å². The van der Waals surface area contributed by atoms with Gasteiger partial charge in [0.05, 0.1) is 25.4 Å². The Morgan fingerprint density at radius 2 is 0.603 bits per heavy atom. The van der Waals surface area contributed by atoms with Gasteiger partial charge in [0.15, 0.2) is 0 Å². The predicted octanol–water partition coefficient (Wildman–Crippen LogP) is 23.1. The van der Waals surface area contributed by atoms with Crippen molar-refractivity contribution in [2.24, 2.45) is 0 Å². The summed E-state index contributed by atoms with van der Waals surface area (Å²) in [5, 5.41) is 23.4. The van der Waals surface area contributed by atoms with E-state index in [0.29, 0.717) is 25.9 Å².